The van der Waals surface area contributed by atoms with Crippen LogP contribution in [0.4, 0.5) is 10.1 Å². The molecule has 2 aromatic heterocycles. The molecule has 158 valence electrons. The summed E-state index contributed by atoms with van der Waals surface area (Å²) < 4.78 is 25.6. The third kappa shape index (κ3) is 4.18. The Hall–Kier alpha value is -3.94. The number of halogens is 1. The second-order valence-electron chi connectivity index (χ2n) is 7.06. The highest BCUT2D eigenvalue weighted by Gasteiger charge is 2.20. The maximum Gasteiger partial charge on any atom is 0.277 e. The van der Waals surface area contributed by atoms with E-state index in [1.54, 1.807) is 36.1 Å². The number of amides is 1. The maximum absolute atomic E-state index is 13.1. The van der Waals surface area contributed by atoms with Gasteiger partial charge in [-0.3, -0.25) is 9.48 Å². The fourth-order valence-corrected chi connectivity index (χ4v) is 3.33. The summed E-state index contributed by atoms with van der Waals surface area (Å²) in [6.07, 6.45) is 0. The number of rotatable bonds is 6. The van der Waals surface area contributed by atoms with Crippen molar-refractivity contribution in [1.29, 1.82) is 0 Å². The van der Waals surface area contributed by atoms with E-state index in [-0.39, 0.29) is 11.5 Å². The van der Waals surface area contributed by atoms with Gasteiger partial charge in [0.05, 0.1) is 36.3 Å². The van der Waals surface area contributed by atoms with E-state index in [4.69, 9.17) is 9.26 Å². The van der Waals surface area contributed by atoms with Crippen LogP contribution in [0.15, 0.2) is 59.1 Å². The number of hydrogen-bond acceptors (Lipinski definition) is 5. The molecule has 0 bridgehead atoms. The zero-order chi connectivity index (χ0) is 22.0. The van der Waals surface area contributed by atoms with E-state index in [1.807, 2.05) is 32.0 Å². The van der Waals surface area contributed by atoms with Crippen molar-refractivity contribution in [3.63, 3.8) is 0 Å². The molecule has 0 saturated carbocycles. The third-order valence-electron chi connectivity index (χ3n) is 4.98. The summed E-state index contributed by atoms with van der Waals surface area (Å²) in [4.78, 5) is 12.8. The van der Waals surface area contributed by atoms with E-state index in [0.717, 1.165) is 11.3 Å². The largest absolute Gasteiger partial charge is 0.496 e. The highest BCUT2D eigenvalue weighted by atomic mass is 19.1. The highest BCUT2D eigenvalue weighted by molar-refractivity contribution is 6.04. The molecule has 4 rings (SSSR count). The van der Waals surface area contributed by atoms with E-state index in [2.05, 4.69) is 15.6 Å². The minimum atomic E-state index is -0.405. The van der Waals surface area contributed by atoms with Gasteiger partial charge in [-0.1, -0.05) is 29.4 Å². The SMILES string of the molecule is COc1ccccc1-c1cc(C(=O)Nc2c(C)nn(Cc3ccc(F)cc3)c2C)no1. The quantitative estimate of drug-likeness (QED) is 0.493. The minimum Gasteiger partial charge on any atom is -0.496 e. The molecular formula is C23H21FN4O3. The number of hydrogen-bond donors (Lipinski definition) is 1. The van der Waals surface area contributed by atoms with Crippen LogP contribution in [0.3, 0.4) is 0 Å². The molecule has 7 nitrogen and oxygen atoms in total. The van der Waals surface area contributed by atoms with E-state index < -0.39 is 5.91 Å². The average Bonchev–Trinajstić information content (AvgIpc) is 3.36. The smallest absolute Gasteiger partial charge is 0.277 e. The summed E-state index contributed by atoms with van der Waals surface area (Å²) in [5, 5.41) is 11.3. The summed E-state index contributed by atoms with van der Waals surface area (Å²) in [6, 6.07) is 15.1. The summed E-state index contributed by atoms with van der Waals surface area (Å²) in [7, 11) is 1.57. The Morgan fingerprint density at radius 2 is 1.90 bits per heavy atom. The number of ether oxygens (including phenoxy) is 1. The zero-order valence-electron chi connectivity index (χ0n) is 17.3. The van der Waals surface area contributed by atoms with Crippen LogP contribution in [0.25, 0.3) is 11.3 Å². The Morgan fingerprint density at radius 3 is 2.65 bits per heavy atom. The molecule has 31 heavy (non-hydrogen) atoms. The van der Waals surface area contributed by atoms with Crippen molar-refractivity contribution in [3.05, 3.63) is 83.1 Å². The molecule has 0 radical (unpaired) electrons. The van der Waals surface area contributed by atoms with Gasteiger partial charge in [0.15, 0.2) is 11.5 Å². The van der Waals surface area contributed by atoms with Gasteiger partial charge in [0, 0.05) is 6.07 Å². The number of benzene rings is 2. The standard InChI is InChI=1S/C23H21FN4O3/c1-14-22(15(2)28(26-14)13-16-8-10-17(24)11-9-16)25-23(29)19-12-21(31-27-19)18-6-4-5-7-20(18)30-3/h4-12H,13H2,1-3H3,(H,25,29). The second-order valence-corrected chi connectivity index (χ2v) is 7.06. The molecule has 0 unspecified atom stereocenters. The van der Waals surface area contributed by atoms with E-state index in [9.17, 15) is 9.18 Å². The Labute approximate surface area is 178 Å². The maximum atomic E-state index is 13.1. The lowest BCUT2D eigenvalue weighted by Crippen LogP contribution is -2.13. The first-order valence-electron chi connectivity index (χ1n) is 9.66. The van der Waals surface area contributed by atoms with Crippen LogP contribution >= 0.6 is 0 Å². The second kappa shape index (κ2) is 8.43. The van der Waals surface area contributed by atoms with Gasteiger partial charge in [-0.05, 0) is 43.7 Å². The van der Waals surface area contributed by atoms with E-state index >= 15 is 0 Å². The van der Waals surface area contributed by atoms with Crippen molar-refractivity contribution < 1.29 is 18.4 Å². The van der Waals surface area contributed by atoms with Gasteiger partial charge in [0.1, 0.15) is 11.6 Å². The number of para-hydroxylation sites is 1. The van der Waals surface area contributed by atoms with Crippen LogP contribution < -0.4 is 10.1 Å². The van der Waals surface area contributed by atoms with E-state index in [0.29, 0.717) is 35.0 Å². The minimum absolute atomic E-state index is 0.144. The molecule has 2 heterocycles. The van der Waals surface area contributed by atoms with Gasteiger partial charge in [-0.15, -0.1) is 0 Å². The van der Waals surface area contributed by atoms with Crippen molar-refractivity contribution in [2.75, 3.05) is 12.4 Å². The van der Waals surface area contributed by atoms with Gasteiger partial charge >= 0.3 is 0 Å². The number of methoxy groups -OCH3 is 1. The van der Waals surface area contributed by atoms with Crippen LogP contribution in [0, 0.1) is 19.7 Å². The number of carbonyl (C=O) groups is 1. The van der Waals surface area contributed by atoms with Gasteiger partial charge in [0.2, 0.25) is 0 Å². The van der Waals surface area contributed by atoms with Crippen molar-refractivity contribution in [2.45, 2.75) is 20.4 Å². The predicted octanol–water partition coefficient (Wildman–Crippen LogP) is 4.60. The van der Waals surface area contributed by atoms with Crippen LogP contribution in [-0.2, 0) is 6.54 Å². The van der Waals surface area contributed by atoms with Crippen molar-refractivity contribution in [3.8, 4) is 17.1 Å². The van der Waals surface area contributed by atoms with Gasteiger partial charge in [-0.25, -0.2) is 4.39 Å². The monoisotopic (exact) mass is 420 g/mol. The number of nitrogens with one attached hydrogen (secondary N) is 1. The molecule has 0 aliphatic carbocycles. The molecule has 0 fully saturated rings. The molecule has 8 heteroatoms. The summed E-state index contributed by atoms with van der Waals surface area (Å²) in [5.74, 6) is 0.366. The Bertz CT molecular complexity index is 1230. The number of nitrogens with zero attached hydrogens (tertiary/aromatic N) is 3. The first-order valence-corrected chi connectivity index (χ1v) is 9.66. The lowest BCUT2D eigenvalue weighted by atomic mass is 10.1. The first kappa shape index (κ1) is 20.3. The molecule has 1 N–H and O–H groups in total. The molecule has 0 aliphatic rings. The van der Waals surface area contributed by atoms with Crippen LogP contribution in [0.1, 0.15) is 27.4 Å². The Kier molecular flexibility index (Phi) is 5.53. The number of carbonyl (C=O) groups excluding carboxylic acids is 1. The van der Waals surface area contributed by atoms with Crippen molar-refractivity contribution in [1.82, 2.24) is 14.9 Å². The van der Waals surface area contributed by atoms with Gasteiger partial charge in [0.25, 0.3) is 5.91 Å². The third-order valence-corrected chi connectivity index (χ3v) is 4.98. The van der Waals surface area contributed by atoms with Crippen LogP contribution in [-0.4, -0.2) is 28.0 Å². The average molecular weight is 420 g/mol. The molecule has 1 amide bonds. The molecule has 0 saturated heterocycles. The van der Waals surface area contributed by atoms with Crippen molar-refractivity contribution in [2.24, 2.45) is 0 Å². The lowest BCUT2D eigenvalue weighted by Gasteiger charge is -2.06. The molecule has 0 aliphatic heterocycles. The number of aryl methyl sites for hydroxylation is 1. The Balaban J connectivity index is 1.53. The molecule has 0 spiro atoms. The molecule has 2 aromatic carbocycles. The zero-order valence-corrected chi connectivity index (χ0v) is 17.3. The van der Waals surface area contributed by atoms with Crippen LogP contribution in [0.2, 0.25) is 0 Å². The van der Waals surface area contributed by atoms with Gasteiger partial charge < -0.3 is 14.6 Å². The Morgan fingerprint density at radius 1 is 1.16 bits per heavy atom. The fourth-order valence-electron chi connectivity index (χ4n) is 3.33. The summed E-state index contributed by atoms with van der Waals surface area (Å²) >= 11 is 0. The first-order chi connectivity index (χ1) is 15.0. The lowest BCUT2D eigenvalue weighted by molar-refractivity contribution is 0.101. The summed E-state index contributed by atoms with van der Waals surface area (Å²) in [6.45, 7) is 4.14. The summed E-state index contributed by atoms with van der Waals surface area (Å²) in [5.41, 5.74) is 3.81. The highest BCUT2D eigenvalue weighted by Crippen LogP contribution is 2.30. The molecule has 0 atom stereocenters. The molecular weight excluding hydrogens is 399 g/mol. The normalized spacial score (nSPS) is 10.8. The topological polar surface area (TPSA) is 82.2 Å². The van der Waals surface area contributed by atoms with Crippen molar-refractivity contribution >= 4 is 11.6 Å². The van der Waals surface area contributed by atoms with Gasteiger partial charge in [-0.2, -0.15) is 5.10 Å². The number of aromatic nitrogens is 3. The van der Waals surface area contributed by atoms with E-state index in [1.165, 1.54) is 12.1 Å². The van der Waals surface area contributed by atoms with Crippen LogP contribution in [0.5, 0.6) is 5.75 Å². The fraction of sp³-hybridized carbons (Fsp3) is 0.174. The number of anilines is 1. The predicted molar refractivity (Wildman–Crippen MR) is 114 cm³/mol. The molecule has 4 aromatic rings.